The molecule has 0 spiro atoms. The highest BCUT2D eigenvalue weighted by Crippen LogP contribution is 2.25. The first-order valence-electron chi connectivity index (χ1n) is 9.79. The molecule has 2 fully saturated rings. The number of aromatic nitrogens is 1. The number of likely N-dealkylation sites (tertiary alicyclic amines) is 1. The Hall–Kier alpha value is -1.62. The molecule has 0 unspecified atom stereocenters. The van der Waals surface area contributed by atoms with Gasteiger partial charge in [-0.05, 0) is 51.7 Å². The van der Waals surface area contributed by atoms with Crippen molar-refractivity contribution in [1.82, 2.24) is 9.88 Å². The fourth-order valence-electron chi connectivity index (χ4n) is 3.75. The van der Waals surface area contributed by atoms with Crippen LogP contribution < -0.4 is 5.32 Å². The minimum Gasteiger partial charge on any atom is -0.375 e. The first-order valence-corrected chi connectivity index (χ1v) is 9.79. The van der Waals surface area contributed by atoms with Crippen molar-refractivity contribution in [3.05, 3.63) is 23.9 Å². The van der Waals surface area contributed by atoms with Crippen molar-refractivity contribution in [2.75, 3.05) is 18.4 Å². The minimum atomic E-state index is 0.0831. The van der Waals surface area contributed by atoms with E-state index in [1.165, 1.54) is 32.1 Å². The van der Waals surface area contributed by atoms with Crippen molar-refractivity contribution in [1.29, 1.82) is 0 Å². The van der Waals surface area contributed by atoms with Crippen LogP contribution in [-0.4, -0.2) is 47.1 Å². The van der Waals surface area contributed by atoms with Crippen LogP contribution in [0.15, 0.2) is 18.3 Å². The molecule has 0 atom stereocenters. The van der Waals surface area contributed by atoms with E-state index in [4.69, 9.17) is 4.74 Å². The van der Waals surface area contributed by atoms with Crippen LogP contribution in [-0.2, 0) is 4.74 Å². The number of anilines is 1. The highest BCUT2D eigenvalue weighted by molar-refractivity contribution is 5.94. The summed E-state index contributed by atoms with van der Waals surface area (Å²) in [6.45, 7) is 5.70. The van der Waals surface area contributed by atoms with E-state index in [-0.39, 0.29) is 5.91 Å². The van der Waals surface area contributed by atoms with E-state index < -0.39 is 0 Å². The fraction of sp³-hybridized carbons (Fsp3) is 0.700. The van der Waals surface area contributed by atoms with Crippen molar-refractivity contribution in [3.8, 4) is 0 Å². The molecular formula is C20H31N3O2. The third-order valence-corrected chi connectivity index (χ3v) is 5.11. The number of amides is 1. The maximum atomic E-state index is 12.7. The molecule has 2 aliphatic rings. The Morgan fingerprint density at radius 2 is 1.80 bits per heavy atom. The van der Waals surface area contributed by atoms with Gasteiger partial charge in [0.25, 0.3) is 5.91 Å². The van der Waals surface area contributed by atoms with Crippen LogP contribution in [0.5, 0.6) is 0 Å². The van der Waals surface area contributed by atoms with E-state index in [2.05, 4.69) is 24.1 Å². The van der Waals surface area contributed by atoms with Crippen LogP contribution in [0.2, 0.25) is 0 Å². The van der Waals surface area contributed by atoms with E-state index in [1.807, 2.05) is 17.0 Å². The molecule has 25 heavy (non-hydrogen) atoms. The summed E-state index contributed by atoms with van der Waals surface area (Å²) >= 11 is 0. The first kappa shape index (κ1) is 18.2. The van der Waals surface area contributed by atoms with Crippen LogP contribution in [0.4, 0.5) is 5.82 Å². The van der Waals surface area contributed by atoms with Gasteiger partial charge in [0.15, 0.2) is 0 Å². The first-order chi connectivity index (χ1) is 12.1. The number of hydrogen-bond donors (Lipinski definition) is 1. The number of ether oxygens (including phenoxy) is 1. The van der Waals surface area contributed by atoms with Crippen LogP contribution >= 0.6 is 0 Å². The van der Waals surface area contributed by atoms with Crippen molar-refractivity contribution in [2.45, 2.75) is 77.0 Å². The van der Waals surface area contributed by atoms with Crippen LogP contribution in [0, 0.1) is 0 Å². The van der Waals surface area contributed by atoms with Gasteiger partial charge in [-0.1, -0.05) is 19.3 Å². The zero-order valence-corrected chi connectivity index (χ0v) is 15.5. The summed E-state index contributed by atoms with van der Waals surface area (Å²) in [4.78, 5) is 18.9. The summed E-state index contributed by atoms with van der Waals surface area (Å²) in [6.07, 6.45) is 10.7. The molecule has 0 radical (unpaired) electrons. The molecule has 3 rings (SSSR count). The topological polar surface area (TPSA) is 54.5 Å². The Kier molecular flexibility index (Phi) is 6.29. The Bertz CT molecular complexity index is 545. The van der Waals surface area contributed by atoms with Crippen molar-refractivity contribution in [2.24, 2.45) is 0 Å². The highest BCUT2D eigenvalue weighted by Gasteiger charge is 2.26. The summed E-state index contributed by atoms with van der Waals surface area (Å²) in [5.74, 6) is 0.894. The minimum absolute atomic E-state index is 0.0831. The fourth-order valence-corrected chi connectivity index (χ4v) is 3.75. The molecule has 5 heteroatoms. The number of rotatable bonds is 5. The average Bonchev–Trinajstić information content (AvgIpc) is 2.63. The van der Waals surface area contributed by atoms with Crippen LogP contribution in [0.3, 0.4) is 0 Å². The third-order valence-electron chi connectivity index (χ3n) is 5.11. The Morgan fingerprint density at radius 3 is 2.40 bits per heavy atom. The predicted molar refractivity (Wildman–Crippen MR) is 99.9 cm³/mol. The maximum absolute atomic E-state index is 12.7. The third kappa shape index (κ3) is 5.18. The van der Waals surface area contributed by atoms with Crippen molar-refractivity contribution < 1.29 is 9.53 Å². The van der Waals surface area contributed by atoms with Gasteiger partial charge in [-0.15, -0.1) is 0 Å². The number of pyridine rings is 1. The highest BCUT2D eigenvalue weighted by atomic mass is 16.5. The van der Waals surface area contributed by atoms with Gasteiger partial charge >= 0.3 is 0 Å². The molecule has 1 saturated heterocycles. The zero-order valence-electron chi connectivity index (χ0n) is 15.5. The SMILES string of the molecule is CC(C)Nc1ccc(C(=O)N2CCC(OC3CCCCC3)CC2)cn1. The maximum Gasteiger partial charge on any atom is 0.255 e. The summed E-state index contributed by atoms with van der Waals surface area (Å²) in [5, 5.41) is 3.24. The summed E-state index contributed by atoms with van der Waals surface area (Å²) < 4.78 is 6.26. The molecule has 0 bridgehead atoms. The van der Waals surface area contributed by atoms with Gasteiger partial charge in [-0.2, -0.15) is 0 Å². The molecular weight excluding hydrogens is 314 g/mol. The molecule has 2 heterocycles. The molecule has 0 aromatic carbocycles. The molecule has 138 valence electrons. The van der Waals surface area contributed by atoms with Gasteiger partial charge in [0.2, 0.25) is 0 Å². The lowest BCUT2D eigenvalue weighted by Crippen LogP contribution is -2.42. The van der Waals surface area contributed by atoms with Crippen molar-refractivity contribution in [3.63, 3.8) is 0 Å². The lowest BCUT2D eigenvalue weighted by Gasteiger charge is -2.35. The van der Waals surface area contributed by atoms with Gasteiger partial charge < -0.3 is 15.0 Å². The number of hydrogen-bond acceptors (Lipinski definition) is 4. The number of piperidine rings is 1. The molecule has 1 aromatic heterocycles. The lowest BCUT2D eigenvalue weighted by molar-refractivity contribution is -0.0527. The summed E-state index contributed by atoms with van der Waals surface area (Å²) in [6, 6.07) is 4.08. The van der Waals surface area contributed by atoms with Crippen molar-refractivity contribution >= 4 is 11.7 Å². The largest absolute Gasteiger partial charge is 0.375 e. The normalized spacial score (nSPS) is 20.0. The number of carbonyl (C=O) groups excluding carboxylic acids is 1. The zero-order chi connectivity index (χ0) is 17.6. The van der Waals surface area contributed by atoms with E-state index in [0.717, 1.165) is 31.7 Å². The molecule has 1 aromatic rings. The Labute approximate surface area is 151 Å². The Morgan fingerprint density at radius 1 is 1.12 bits per heavy atom. The predicted octanol–water partition coefficient (Wildman–Crippen LogP) is 3.86. The lowest BCUT2D eigenvalue weighted by atomic mass is 9.97. The summed E-state index contributed by atoms with van der Waals surface area (Å²) in [7, 11) is 0. The Balaban J connectivity index is 1.47. The van der Waals surface area contributed by atoms with Gasteiger partial charge in [0.1, 0.15) is 5.82 Å². The van der Waals surface area contributed by atoms with Gasteiger partial charge in [0, 0.05) is 25.3 Å². The van der Waals surface area contributed by atoms with Gasteiger partial charge in [0.05, 0.1) is 17.8 Å². The summed E-state index contributed by atoms with van der Waals surface area (Å²) in [5.41, 5.74) is 0.668. The van der Waals surface area contributed by atoms with E-state index >= 15 is 0 Å². The quantitative estimate of drug-likeness (QED) is 0.880. The van der Waals surface area contributed by atoms with E-state index in [0.29, 0.717) is 23.8 Å². The second kappa shape index (κ2) is 8.65. The molecule has 5 nitrogen and oxygen atoms in total. The van der Waals surface area contributed by atoms with Gasteiger partial charge in [-0.3, -0.25) is 4.79 Å². The van der Waals surface area contributed by atoms with Crippen LogP contribution in [0.1, 0.15) is 69.2 Å². The monoisotopic (exact) mass is 345 g/mol. The molecule has 1 N–H and O–H groups in total. The molecule has 1 aliphatic heterocycles. The smallest absolute Gasteiger partial charge is 0.255 e. The second-order valence-corrected chi connectivity index (χ2v) is 7.62. The number of carbonyl (C=O) groups is 1. The van der Waals surface area contributed by atoms with Crippen LogP contribution in [0.25, 0.3) is 0 Å². The van der Waals surface area contributed by atoms with E-state index in [1.54, 1.807) is 6.20 Å². The van der Waals surface area contributed by atoms with Gasteiger partial charge in [-0.25, -0.2) is 4.98 Å². The standard InChI is InChI=1S/C20H31N3O2/c1-15(2)22-19-9-8-16(14-21-19)20(24)23-12-10-18(11-13-23)25-17-6-4-3-5-7-17/h8-9,14-15,17-18H,3-7,10-13H2,1-2H3,(H,21,22). The second-order valence-electron chi connectivity index (χ2n) is 7.62. The number of nitrogens with zero attached hydrogens (tertiary/aromatic N) is 2. The number of nitrogens with one attached hydrogen (secondary N) is 1. The average molecular weight is 345 g/mol. The molecule has 1 aliphatic carbocycles. The molecule has 1 amide bonds. The molecule has 1 saturated carbocycles. The van der Waals surface area contributed by atoms with E-state index in [9.17, 15) is 4.79 Å².